The van der Waals surface area contributed by atoms with Crippen molar-refractivity contribution in [1.82, 2.24) is 5.32 Å². The lowest BCUT2D eigenvalue weighted by Crippen LogP contribution is -2.24. The molecule has 0 bridgehead atoms. The number of hydrogen-bond donors (Lipinski definition) is 1. The Morgan fingerprint density at radius 3 is 2.94 bits per heavy atom. The van der Waals surface area contributed by atoms with E-state index < -0.39 is 5.91 Å². The molecule has 0 fully saturated rings. The Bertz CT molecular complexity index is 471. The van der Waals surface area contributed by atoms with Crippen LogP contribution in [0.3, 0.4) is 0 Å². The van der Waals surface area contributed by atoms with Crippen molar-refractivity contribution in [3.63, 3.8) is 0 Å². The fraction of sp³-hybridized carbons (Fsp3) is 0.0909. The predicted molar refractivity (Wildman–Crippen MR) is 66.1 cm³/mol. The first-order valence-electron chi connectivity index (χ1n) is 4.43. The molecule has 3 nitrogen and oxygen atoms in total. The summed E-state index contributed by atoms with van der Waals surface area (Å²) in [6.45, 7) is 3.81. The summed E-state index contributed by atoms with van der Waals surface area (Å²) in [5, 5.41) is 11.4. The first-order valence-corrected chi connectivity index (χ1v) is 5.63. The predicted octanol–water partition coefficient (Wildman–Crippen LogP) is 2.61. The zero-order chi connectivity index (χ0) is 12.0. The van der Waals surface area contributed by atoms with E-state index in [0.29, 0.717) is 10.9 Å². The zero-order valence-electron chi connectivity index (χ0n) is 8.37. The van der Waals surface area contributed by atoms with Gasteiger partial charge in [0, 0.05) is 11.4 Å². The molecule has 1 rings (SSSR count). The summed E-state index contributed by atoms with van der Waals surface area (Å²) in [7, 11) is 0. The number of carbonyl (C=O) groups is 1. The van der Waals surface area contributed by atoms with Gasteiger partial charge in [-0.25, -0.2) is 0 Å². The van der Waals surface area contributed by atoms with Gasteiger partial charge in [-0.15, -0.1) is 17.9 Å². The van der Waals surface area contributed by atoms with Gasteiger partial charge in [0.25, 0.3) is 5.91 Å². The fourth-order valence-corrected chi connectivity index (χ4v) is 1.96. The Morgan fingerprint density at radius 2 is 2.44 bits per heavy atom. The fourth-order valence-electron chi connectivity index (χ4n) is 0.957. The molecule has 0 aliphatic carbocycles. The van der Waals surface area contributed by atoms with Crippen molar-refractivity contribution in [3.8, 4) is 6.07 Å². The minimum absolute atomic E-state index is 0.0559. The number of thiophene rings is 1. The van der Waals surface area contributed by atoms with Gasteiger partial charge in [0.05, 0.1) is 4.34 Å². The van der Waals surface area contributed by atoms with Crippen LogP contribution in [0.25, 0.3) is 6.08 Å². The maximum absolute atomic E-state index is 11.5. The third kappa shape index (κ3) is 3.54. The molecule has 0 aromatic carbocycles. The summed E-state index contributed by atoms with van der Waals surface area (Å²) in [5.41, 5.74) is 0.0559. The first kappa shape index (κ1) is 12.5. The highest BCUT2D eigenvalue weighted by Crippen LogP contribution is 2.23. The molecule has 0 aliphatic rings. The molecule has 0 radical (unpaired) electrons. The van der Waals surface area contributed by atoms with E-state index in [1.54, 1.807) is 18.2 Å². The van der Waals surface area contributed by atoms with Gasteiger partial charge >= 0.3 is 0 Å². The molecule has 5 heteroatoms. The molecule has 82 valence electrons. The minimum Gasteiger partial charge on any atom is -0.348 e. The topological polar surface area (TPSA) is 52.9 Å². The van der Waals surface area contributed by atoms with Gasteiger partial charge < -0.3 is 5.32 Å². The van der Waals surface area contributed by atoms with Gasteiger partial charge in [0.1, 0.15) is 11.6 Å². The lowest BCUT2D eigenvalue weighted by atomic mass is 10.2. The molecule has 0 aliphatic heterocycles. The molecule has 0 saturated carbocycles. The van der Waals surface area contributed by atoms with E-state index in [4.69, 9.17) is 16.9 Å². The third-order valence-electron chi connectivity index (χ3n) is 1.65. The molecule has 0 spiro atoms. The highest BCUT2D eigenvalue weighted by molar-refractivity contribution is 7.17. The highest BCUT2D eigenvalue weighted by Gasteiger charge is 2.08. The molecular formula is C11H9ClN2OS. The normalized spacial score (nSPS) is 10.6. The summed E-state index contributed by atoms with van der Waals surface area (Å²) >= 11 is 7.05. The summed E-state index contributed by atoms with van der Waals surface area (Å²) in [6, 6.07) is 5.32. The maximum atomic E-state index is 11.5. The van der Waals surface area contributed by atoms with Crippen LogP contribution in [0.1, 0.15) is 4.88 Å². The average Bonchev–Trinajstić information content (AvgIpc) is 2.68. The van der Waals surface area contributed by atoms with Crippen LogP contribution in [-0.4, -0.2) is 12.5 Å². The lowest BCUT2D eigenvalue weighted by Gasteiger charge is -1.98. The van der Waals surface area contributed by atoms with Gasteiger partial charge in [-0.3, -0.25) is 4.79 Å². The number of nitrogens with one attached hydrogen (secondary N) is 1. The van der Waals surface area contributed by atoms with Crippen LogP contribution in [-0.2, 0) is 4.79 Å². The summed E-state index contributed by atoms with van der Waals surface area (Å²) < 4.78 is 0.620. The highest BCUT2D eigenvalue weighted by atomic mass is 35.5. The van der Waals surface area contributed by atoms with Crippen LogP contribution < -0.4 is 5.32 Å². The quantitative estimate of drug-likeness (QED) is 0.509. The second-order valence-corrected chi connectivity index (χ2v) is 4.56. The van der Waals surface area contributed by atoms with Crippen molar-refractivity contribution in [1.29, 1.82) is 5.26 Å². The van der Waals surface area contributed by atoms with E-state index in [1.165, 1.54) is 17.4 Å². The smallest absolute Gasteiger partial charge is 0.262 e. The Labute approximate surface area is 103 Å². The summed E-state index contributed by atoms with van der Waals surface area (Å²) in [6.07, 6.45) is 3.06. The van der Waals surface area contributed by atoms with E-state index in [0.717, 1.165) is 4.88 Å². The third-order valence-corrected chi connectivity index (χ3v) is 2.83. The van der Waals surface area contributed by atoms with Crippen molar-refractivity contribution in [2.24, 2.45) is 0 Å². The van der Waals surface area contributed by atoms with Crippen LogP contribution in [0, 0.1) is 11.3 Å². The standard InChI is InChI=1S/C11H9ClN2OS/c1-2-5-14-11(15)8(7-13)6-9-3-4-10(12)16-9/h2-4,6H,1,5H2,(H,14,15)/b8-6+. The Hall–Kier alpha value is -1.57. The Balaban J connectivity index is 2.82. The SMILES string of the molecule is C=CCNC(=O)/C(C#N)=C/c1ccc(Cl)s1. The molecule has 1 aromatic heterocycles. The zero-order valence-corrected chi connectivity index (χ0v) is 9.94. The number of carbonyl (C=O) groups excluding carboxylic acids is 1. The van der Waals surface area contributed by atoms with Crippen molar-refractivity contribution >= 4 is 34.9 Å². The van der Waals surface area contributed by atoms with Gasteiger partial charge in [0.2, 0.25) is 0 Å². The van der Waals surface area contributed by atoms with E-state index in [-0.39, 0.29) is 5.57 Å². The van der Waals surface area contributed by atoms with E-state index in [9.17, 15) is 4.79 Å². The van der Waals surface area contributed by atoms with Crippen molar-refractivity contribution in [2.75, 3.05) is 6.54 Å². The van der Waals surface area contributed by atoms with Crippen LogP contribution in [0.15, 0.2) is 30.4 Å². The summed E-state index contributed by atoms with van der Waals surface area (Å²) in [5.74, 6) is -0.410. The number of nitrogens with zero attached hydrogens (tertiary/aromatic N) is 1. The Morgan fingerprint density at radius 1 is 1.69 bits per heavy atom. The lowest BCUT2D eigenvalue weighted by molar-refractivity contribution is -0.116. The van der Waals surface area contributed by atoms with Gasteiger partial charge in [-0.2, -0.15) is 5.26 Å². The van der Waals surface area contributed by atoms with E-state index >= 15 is 0 Å². The summed E-state index contributed by atoms with van der Waals surface area (Å²) in [4.78, 5) is 12.2. The molecule has 1 aromatic rings. The number of halogens is 1. The van der Waals surface area contributed by atoms with Gasteiger partial charge in [0.15, 0.2) is 0 Å². The van der Waals surface area contributed by atoms with E-state index in [2.05, 4.69) is 11.9 Å². The molecule has 0 atom stereocenters. The van der Waals surface area contributed by atoms with Crippen LogP contribution in [0.5, 0.6) is 0 Å². The monoisotopic (exact) mass is 252 g/mol. The van der Waals surface area contributed by atoms with Crippen molar-refractivity contribution in [3.05, 3.63) is 39.6 Å². The molecule has 1 amide bonds. The number of amides is 1. The van der Waals surface area contributed by atoms with Gasteiger partial charge in [-0.1, -0.05) is 17.7 Å². The Kier molecular flexibility index (Phi) is 4.77. The maximum Gasteiger partial charge on any atom is 0.262 e. The largest absolute Gasteiger partial charge is 0.348 e. The van der Waals surface area contributed by atoms with Crippen molar-refractivity contribution < 1.29 is 4.79 Å². The molecule has 0 saturated heterocycles. The van der Waals surface area contributed by atoms with Crippen LogP contribution in [0.4, 0.5) is 0 Å². The second kappa shape index (κ2) is 6.11. The minimum atomic E-state index is -0.410. The molecular weight excluding hydrogens is 244 g/mol. The van der Waals surface area contributed by atoms with Crippen LogP contribution >= 0.6 is 22.9 Å². The molecule has 0 unspecified atom stereocenters. The second-order valence-electron chi connectivity index (χ2n) is 2.81. The van der Waals surface area contributed by atoms with E-state index in [1.807, 2.05) is 6.07 Å². The molecule has 1 heterocycles. The molecule has 1 N–H and O–H groups in total. The molecule has 16 heavy (non-hydrogen) atoms. The van der Waals surface area contributed by atoms with Crippen LogP contribution in [0.2, 0.25) is 4.34 Å². The average molecular weight is 253 g/mol. The number of nitriles is 1. The van der Waals surface area contributed by atoms with Gasteiger partial charge in [-0.05, 0) is 18.2 Å². The number of rotatable bonds is 4. The first-order chi connectivity index (χ1) is 7.67. The number of hydrogen-bond acceptors (Lipinski definition) is 3. The van der Waals surface area contributed by atoms with Crippen molar-refractivity contribution in [2.45, 2.75) is 0 Å².